The number of benzene rings is 2. The average molecular weight is 390 g/mol. The molecule has 0 bridgehead atoms. The van der Waals surface area contributed by atoms with Crippen LogP contribution in [0.5, 0.6) is 5.75 Å². The first-order valence-corrected chi connectivity index (χ1v) is 10.0. The van der Waals surface area contributed by atoms with Crippen LogP contribution in [0.15, 0.2) is 60.8 Å². The third-order valence-electron chi connectivity index (χ3n) is 5.38. The first kappa shape index (κ1) is 19.2. The molecule has 6 heteroatoms. The minimum absolute atomic E-state index is 0.0779. The average Bonchev–Trinajstić information content (AvgIpc) is 3.29. The van der Waals surface area contributed by atoms with Gasteiger partial charge in [-0.3, -0.25) is 9.88 Å². The molecule has 0 spiro atoms. The van der Waals surface area contributed by atoms with E-state index in [1.54, 1.807) is 13.3 Å². The van der Waals surface area contributed by atoms with Crippen molar-refractivity contribution in [3.05, 3.63) is 66.4 Å². The van der Waals surface area contributed by atoms with E-state index in [1.807, 2.05) is 48.5 Å². The minimum atomic E-state index is -0.235. The van der Waals surface area contributed by atoms with E-state index in [-0.39, 0.29) is 12.1 Å². The van der Waals surface area contributed by atoms with Gasteiger partial charge in [-0.1, -0.05) is 36.4 Å². The molecule has 1 aliphatic rings. The molecule has 6 nitrogen and oxygen atoms in total. The van der Waals surface area contributed by atoms with Crippen LogP contribution in [-0.2, 0) is 0 Å². The van der Waals surface area contributed by atoms with Crippen molar-refractivity contribution >= 4 is 22.6 Å². The lowest BCUT2D eigenvalue weighted by atomic mass is 10.0. The summed E-state index contributed by atoms with van der Waals surface area (Å²) in [5.74, 6) is 0.852. The fraction of sp³-hybridized carbons (Fsp3) is 0.304. The van der Waals surface area contributed by atoms with Crippen LogP contribution in [0.25, 0.3) is 10.9 Å². The number of nitrogens with one attached hydrogen (secondary N) is 2. The largest absolute Gasteiger partial charge is 0.496 e. The molecule has 2 amide bonds. The van der Waals surface area contributed by atoms with Crippen LogP contribution < -0.4 is 15.4 Å². The zero-order valence-electron chi connectivity index (χ0n) is 16.6. The van der Waals surface area contributed by atoms with Crippen LogP contribution in [0.2, 0.25) is 0 Å². The van der Waals surface area contributed by atoms with E-state index in [2.05, 4.69) is 26.6 Å². The molecule has 1 aromatic heterocycles. The SMILES string of the molecule is COc1ccccc1C(CNC(=O)Nc1cnc2ccccc2c1)N1CCCC1. The molecule has 150 valence electrons. The van der Waals surface area contributed by atoms with Crippen molar-refractivity contribution in [2.24, 2.45) is 0 Å². The number of urea groups is 1. The fourth-order valence-corrected chi connectivity index (χ4v) is 3.93. The lowest BCUT2D eigenvalue weighted by Crippen LogP contribution is -2.38. The maximum absolute atomic E-state index is 12.6. The number of pyridine rings is 1. The van der Waals surface area contributed by atoms with Crippen molar-refractivity contribution in [2.45, 2.75) is 18.9 Å². The number of aromatic nitrogens is 1. The Labute approximate surface area is 170 Å². The Kier molecular flexibility index (Phi) is 5.91. The molecule has 2 aromatic carbocycles. The van der Waals surface area contributed by atoms with Crippen LogP contribution in [0.3, 0.4) is 0 Å². The highest BCUT2D eigenvalue weighted by molar-refractivity contribution is 5.92. The molecule has 0 aliphatic carbocycles. The van der Waals surface area contributed by atoms with Crippen LogP contribution in [0.4, 0.5) is 10.5 Å². The second kappa shape index (κ2) is 8.92. The van der Waals surface area contributed by atoms with Gasteiger partial charge in [0.25, 0.3) is 0 Å². The quantitative estimate of drug-likeness (QED) is 0.662. The highest BCUT2D eigenvalue weighted by Gasteiger charge is 2.26. The summed E-state index contributed by atoms with van der Waals surface area (Å²) < 4.78 is 5.57. The number of anilines is 1. The lowest BCUT2D eigenvalue weighted by Gasteiger charge is -2.29. The summed E-state index contributed by atoms with van der Waals surface area (Å²) in [6.45, 7) is 2.56. The maximum atomic E-state index is 12.6. The van der Waals surface area contributed by atoms with Gasteiger partial charge in [0, 0.05) is 17.5 Å². The number of hydrogen-bond donors (Lipinski definition) is 2. The second-order valence-electron chi connectivity index (χ2n) is 7.25. The molecule has 0 saturated carbocycles. The number of rotatable bonds is 6. The van der Waals surface area contributed by atoms with Crippen molar-refractivity contribution in [3.8, 4) is 5.75 Å². The number of fused-ring (bicyclic) bond motifs is 1. The van der Waals surface area contributed by atoms with Crippen LogP contribution in [0.1, 0.15) is 24.4 Å². The van der Waals surface area contributed by atoms with Gasteiger partial charge in [0.15, 0.2) is 0 Å². The van der Waals surface area contributed by atoms with Gasteiger partial charge >= 0.3 is 6.03 Å². The summed E-state index contributed by atoms with van der Waals surface area (Å²) in [5, 5.41) is 6.92. The van der Waals surface area contributed by atoms with Gasteiger partial charge in [0.2, 0.25) is 0 Å². The Hall–Kier alpha value is -3.12. The first-order chi connectivity index (χ1) is 14.2. The summed E-state index contributed by atoms with van der Waals surface area (Å²) in [7, 11) is 1.69. The smallest absolute Gasteiger partial charge is 0.319 e. The number of likely N-dealkylation sites (tertiary alicyclic amines) is 1. The van der Waals surface area contributed by atoms with E-state index >= 15 is 0 Å². The van der Waals surface area contributed by atoms with Gasteiger partial charge in [-0.25, -0.2) is 4.79 Å². The van der Waals surface area contributed by atoms with Gasteiger partial charge in [-0.2, -0.15) is 0 Å². The minimum Gasteiger partial charge on any atom is -0.496 e. The summed E-state index contributed by atoms with van der Waals surface area (Å²) >= 11 is 0. The molecule has 1 unspecified atom stereocenters. The van der Waals surface area contributed by atoms with E-state index in [4.69, 9.17) is 4.74 Å². The first-order valence-electron chi connectivity index (χ1n) is 10.0. The molecule has 1 fully saturated rings. The van der Waals surface area contributed by atoms with Crippen molar-refractivity contribution < 1.29 is 9.53 Å². The Morgan fingerprint density at radius 3 is 2.72 bits per heavy atom. The predicted octanol–water partition coefficient (Wildman–Crippen LogP) is 4.20. The zero-order chi connectivity index (χ0) is 20.1. The van der Waals surface area contributed by atoms with Gasteiger partial charge in [-0.15, -0.1) is 0 Å². The topological polar surface area (TPSA) is 66.5 Å². The van der Waals surface area contributed by atoms with E-state index in [0.29, 0.717) is 12.2 Å². The number of nitrogens with zero attached hydrogens (tertiary/aromatic N) is 2. The van der Waals surface area contributed by atoms with E-state index in [9.17, 15) is 4.79 Å². The summed E-state index contributed by atoms with van der Waals surface area (Å²) in [4.78, 5) is 19.4. The number of carbonyl (C=O) groups is 1. The van der Waals surface area contributed by atoms with Crippen molar-refractivity contribution in [3.63, 3.8) is 0 Å². The normalized spacial score (nSPS) is 15.2. The van der Waals surface area contributed by atoms with Gasteiger partial charge < -0.3 is 15.4 Å². The monoisotopic (exact) mass is 390 g/mol. The lowest BCUT2D eigenvalue weighted by molar-refractivity contribution is 0.224. The van der Waals surface area contributed by atoms with Gasteiger partial charge in [-0.05, 0) is 44.1 Å². The number of carbonyl (C=O) groups excluding carboxylic acids is 1. The van der Waals surface area contributed by atoms with Crippen molar-refractivity contribution in [1.82, 2.24) is 15.2 Å². The summed E-state index contributed by atoms with van der Waals surface area (Å²) in [6.07, 6.45) is 4.04. The van der Waals surface area contributed by atoms with Crippen LogP contribution >= 0.6 is 0 Å². The molecule has 1 saturated heterocycles. The third kappa shape index (κ3) is 4.49. The van der Waals surface area contributed by atoms with Gasteiger partial charge in [0.1, 0.15) is 5.75 Å². The molecule has 2 heterocycles. The summed E-state index contributed by atoms with van der Waals surface area (Å²) in [5.41, 5.74) is 2.68. The zero-order valence-corrected chi connectivity index (χ0v) is 16.6. The Balaban J connectivity index is 1.45. The number of methoxy groups -OCH3 is 1. The molecule has 0 radical (unpaired) electrons. The van der Waals surface area contributed by atoms with E-state index < -0.39 is 0 Å². The molecule has 2 N–H and O–H groups in total. The number of ether oxygens (including phenoxy) is 1. The summed E-state index contributed by atoms with van der Waals surface area (Å²) in [6, 6.07) is 17.7. The standard InChI is InChI=1S/C23H26N4O2/c1-29-22-11-5-3-9-19(22)21(27-12-6-7-13-27)16-25-23(28)26-18-14-17-8-2-4-10-20(17)24-15-18/h2-5,8-11,14-15,21H,6-7,12-13,16H2,1H3,(H2,25,26,28). The van der Waals surface area contributed by atoms with Crippen molar-refractivity contribution in [1.29, 1.82) is 0 Å². The number of amides is 2. The second-order valence-corrected chi connectivity index (χ2v) is 7.25. The molecule has 1 aliphatic heterocycles. The third-order valence-corrected chi connectivity index (χ3v) is 5.38. The number of hydrogen-bond acceptors (Lipinski definition) is 4. The van der Waals surface area contributed by atoms with Crippen LogP contribution in [0, 0.1) is 0 Å². The fourth-order valence-electron chi connectivity index (χ4n) is 3.93. The molecular formula is C23H26N4O2. The van der Waals surface area contributed by atoms with E-state index in [0.717, 1.165) is 35.3 Å². The van der Waals surface area contributed by atoms with E-state index in [1.165, 1.54) is 12.8 Å². The molecule has 29 heavy (non-hydrogen) atoms. The Bertz CT molecular complexity index is 985. The highest BCUT2D eigenvalue weighted by Crippen LogP contribution is 2.31. The Morgan fingerprint density at radius 1 is 1.14 bits per heavy atom. The predicted molar refractivity (Wildman–Crippen MR) is 115 cm³/mol. The molecule has 3 aromatic rings. The Morgan fingerprint density at radius 2 is 1.90 bits per heavy atom. The highest BCUT2D eigenvalue weighted by atomic mass is 16.5. The maximum Gasteiger partial charge on any atom is 0.319 e. The van der Waals surface area contributed by atoms with Crippen LogP contribution in [-0.4, -0.2) is 42.7 Å². The molecule has 1 atom stereocenters. The molecular weight excluding hydrogens is 364 g/mol. The van der Waals surface area contributed by atoms with Crippen molar-refractivity contribution in [2.75, 3.05) is 32.1 Å². The number of para-hydroxylation sites is 2. The van der Waals surface area contributed by atoms with Gasteiger partial charge in [0.05, 0.1) is 30.6 Å². The molecule has 4 rings (SSSR count).